The minimum absolute atomic E-state index is 0.405. The maximum Gasteiger partial charge on any atom is 0.337 e. The third-order valence-electron chi connectivity index (χ3n) is 3.96. The molecular weight excluding hydrogens is 266 g/mol. The Labute approximate surface area is 126 Å². The summed E-state index contributed by atoms with van der Waals surface area (Å²) in [6.45, 7) is 7.88. The van der Waals surface area contributed by atoms with E-state index >= 15 is 0 Å². The van der Waals surface area contributed by atoms with Gasteiger partial charge in [0.1, 0.15) is 0 Å². The fraction of sp³-hybridized carbons (Fsp3) is 0.562. The van der Waals surface area contributed by atoms with Crippen LogP contribution in [0, 0.1) is 6.92 Å². The van der Waals surface area contributed by atoms with E-state index in [1.807, 2.05) is 19.1 Å². The summed E-state index contributed by atoms with van der Waals surface area (Å²) in [5, 5.41) is 9.34. The van der Waals surface area contributed by atoms with Gasteiger partial charge >= 0.3 is 5.97 Å². The van der Waals surface area contributed by atoms with Crippen LogP contribution < -0.4 is 4.90 Å². The van der Waals surface area contributed by atoms with Gasteiger partial charge in [-0.2, -0.15) is 0 Å². The van der Waals surface area contributed by atoms with Crippen LogP contribution in [0.3, 0.4) is 0 Å². The van der Waals surface area contributed by atoms with Crippen molar-refractivity contribution in [3.63, 3.8) is 0 Å². The Morgan fingerprint density at radius 2 is 1.90 bits per heavy atom. The molecule has 0 amide bonds. The summed E-state index contributed by atoms with van der Waals surface area (Å²) in [5.74, 6) is -0.847. The standard InChI is InChI=1S/C16H25N3O2/c1-13-4-5-14(16(20)21)15(12-13)19-10-8-18(9-11-19)7-6-17(2)3/h4-5,12H,6-11H2,1-3H3,(H,20,21). The number of rotatable bonds is 5. The molecule has 0 spiro atoms. The zero-order valence-electron chi connectivity index (χ0n) is 13.2. The molecule has 2 rings (SSSR count). The van der Waals surface area contributed by atoms with Crippen LogP contribution in [0.5, 0.6) is 0 Å². The first-order valence-corrected chi connectivity index (χ1v) is 7.43. The molecular formula is C16H25N3O2. The van der Waals surface area contributed by atoms with Crippen LogP contribution in [0.15, 0.2) is 18.2 Å². The molecule has 0 unspecified atom stereocenters. The van der Waals surface area contributed by atoms with Crippen molar-refractivity contribution >= 4 is 11.7 Å². The number of nitrogens with zero attached hydrogens (tertiary/aromatic N) is 3. The van der Waals surface area contributed by atoms with Crippen molar-refractivity contribution in [3.05, 3.63) is 29.3 Å². The number of benzene rings is 1. The van der Waals surface area contributed by atoms with Crippen LogP contribution in [0.2, 0.25) is 0 Å². The largest absolute Gasteiger partial charge is 0.478 e. The molecule has 1 heterocycles. The number of likely N-dealkylation sites (N-methyl/N-ethyl adjacent to an activating group) is 1. The van der Waals surface area contributed by atoms with Crippen LogP contribution in [-0.2, 0) is 0 Å². The van der Waals surface area contributed by atoms with Crippen LogP contribution in [0.4, 0.5) is 5.69 Å². The summed E-state index contributed by atoms with van der Waals surface area (Å²) < 4.78 is 0. The van der Waals surface area contributed by atoms with E-state index in [-0.39, 0.29) is 0 Å². The lowest BCUT2D eigenvalue weighted by Gasteiger charge is -2.37. The number of aryl methyl sites for hydroxylation is 1. The third kappa shape index (κ3) is 4.19. The van der Waals surface area contributed by atoms with E-state index in [0.29, 0.717) is 5.56 Å². The fourth-order valence-corrected chi connectivity index (χ4v) is 2.64. The molecule has 21 heavy (non-hydrogen) atoms. The molecule has 0 saturated carbocycles. The Morgan fingerprint density at radius 1 is 1.24 bits per heavy atom. The second-order valence-electron chi connectivity index (χ2n) is 5.96. The van der Waals surface area contributed by atoms with Crippen molar-refractivity contribution in [2.24, 2.45) is 0 Å². The second kappa shape index (κ2) is 6.91. The highest BCUT2D eigenvalue weighted by molar-refractivity contribution is 5.94. The molecule has 5 heteroatoms. The van der Waals surface area contributed by atoms with Gasteiger partial charge in [-0.15, -0.1) is 0 Å². The maximum atomic E-state index is 11.4. The van der Waals surface area contributed by atoms with E-state index in [1.54, 1.807) is 6.07 Å². The lowest BCUT2D eigenvalue weighted by atomic mass is 10.1. The minimum atomic E-state index is -0.847. The predicted molar refractivity (Wildman–Crippen MR) is 85.3 cm³/mol. The average molecular weight is 291 g/mol. The Balaban J connectivity index is 2.02. The Hall–Kier alpha value is -1.59. The van der Waals surface area contributed by atoms with Gasteiger partial charge in [0, 0.05) is 39.3 Å². The third-order valence-corrected chi connectivity index (χ3v) is 3.96. The maximum absolute atomic E-state index is 11.4. The fourth-order valence-electron chi connectivity index (χ4n) is 2.64. The van der Waals surface area contributed by atoms with Gasteiger partial charge in [0.2, 0.25) is 0 Å². The molecule has 1 aliphatic rings. The predicted octanol–water partition coefficient (Wildman–Crippen LogP) is 1.38. The van der Waals surface area contributed by atoms with E-state index in [4.69, 9.17) is 0 Å². The minimum Gasteiger partial charge on any atom is -0.478 e. The van der Waals surface area contributed by atoms with Gasteiger partial charge in [0.05, 0.1) is 11.3 Å². The number of carbonyl (C=O) groups is 1. The summed E-state index contributed by atoms with van der Waals surface area (Å²) in [5.41, 5.74) is 2.36. The number of piperazine rings is 1. The lowest BCUT2D eigenvalue weighted by molar-refractivity contribution is 0.0697. The van der Waals surface area contributed by atoms with Crippen molar-refractivity contribution in [1.82, 2.24) is 9.80 Å². The van der Waals surface area contributed by atoms with Crippen LogP contribution in [0.25, 0.3) is 0 Å². The molecule has 1 aromatic rings. The van der Waals surface area contributed by atoms with Crippen molar-refractivity contribution in [2.45, 2.75) is 6.92 Å². The number of hydrogen-bond donors (Lipinski definition) is 1. The van der Waals surface area contributed by atoms with E-state index in [2.05, 4.69) is 28.8 Å². The SMILES string of the molecule is Cc1ccc(C(=O)O)c(N2CCN(CCN(C)C)CC2)c1. The highest BCUT2D eigenvalue weighted by atomic mass is 16.4. The summed E-state index contributed by atoms with van der Waals surface area (Å²) in [6, 6.07) is 5.56. The molecule has 1 fully saturated rings. The number of aromatic carboxylic acids is 1. The Bertz CT molecular complexity index is 494. The number of carboxylic acids is 1. The van der Waals surface area contributed by atoms with Crippen molar-refractivity contribution in [3.8, 4) is 0 Å². The smallest absolute Gasteiger partial charge is 0.337 e. The monoisotopic (exact) mass is 291 g/mol. The molecule has 1 saturated heterocycles. The average Bonchev–Trinajstić information content (AvgIpc) is 2.45. The highest BCUT2D eigenvalue weighted by Gasteiger charge is 2.21. The van der Waals surface area contributed by atoms with E-state index in [9.17, 15) is 9.90 Å². The summed E-state index contributed by atoms with van der Waals surface area (Å²) in [7, 11) is 4.17. The van der Waals surface area contributed by atoms with Crippen LogP contribution in [0.1, 0.15) is 15.9 Å². The van der Waals surface area contributed by atoms with Crippen LogP contribution >= 0.6 is 0 Å². The molecule has 1 N–H and O–H groups in total. The van der Waals surface area contributed by atoms with Gasteiger partial charge in [0.25, 0.3) is 0 Å². The second-order valence-corrected chi connectivity index (χ2v) is 5.96. The first-order chi connectivity index (χ1) is 9.97. The summed E-state index contributed by atoms with van der Waals surface area (Å²) >= 11 is 0. The van der Waals surface area contributed by atoms with Gasteiger partial charge in [-0.25, -0.2) is 4.79 Å². The highest BCUT2D eigenvalue weighted by Crippen LogP contribution is 2.23. The molecule has 0 atom stereocenters. The van der Waals surface area contributed by atoms with E-state index in [1.165, 1.54) is 0 Å². The van der Waals surface area contributed by atoms with Gasteiger partial charge in [0.15, 0.2) is 0 Å². The molecule has 1 aromatic carbocycles. The normalized spacial score (nSPS) is 16.5. The summed E-state index contributed by atoms with van der Waals surface area (Å²) in [6.07, 6.45) is 0. The van der Waals surface area contributed by atoms with Gasteiger partial charge in [-0.05, 0) is 38.7 Å². The molecule has 116 valence electrons. The number of anilines is 1. The first kappa shape index (κ1) is 15.8. The quantitative estimate of drug-likeness (QED) is 0.888. The molecule has 1 aliphatic heterocycles. The molecule has 5 nitrogen and oxygen atoms in total. The van der Waals surface area contributed by atoms with E-state index < -0.39 is 5.97 Å². The van der Waals surface area contributed by atoms with Crippen molar-refractivity contribution in [2.75, 3.05) is 58.3 Å². The molecule has 0 radical (unpaired) electrons. The Morgan fingerprint density at radius 3 is 2.48 bits per heavy atom. The molecule has 0 bridgehead atoms. The van der Waals surface area contributed by atoms with E-state index in [0.717, 1.165) is 50.5 Å². The van der Waals surface area contributed by atoms with Crippen molar-refractivity contribution < 1.29 is 9.90 Å². The van der Waals surface area contributed by atoms with Gasteiger partial charge < -0.3 is 14.9 Å². The zero-order chi connectivity index (χ0) is 15.4. The molecule has 0 aliphatic carbocycles. The summed E-state index contributed by atoms with van der Waals surface area (Å²) in [4.78, 5) is 18.2. The topological polar surface area (TPSA) is 47.0 Å². The lowest BCUT2D eigenvalue weighted by Crippen LogP contribution is -2.48. The zero-order valence-corrected chi connectivity index (χ0v) is 13.2. The van der Waals surface area contributed by atoms with Crippen molar-refractivity contribution in [1.29, 1.82) is 0 Å². The van der Waals surface area contributed by atoms with Gasteiger partial charge in [-0.3, -0.25) is 4.90 Å². The number of hydrogen-bond acceptors (Lipinski definition) is 4. The Kier molecular flexibility index (Phi) is 5.20. The first-order valence-electron chi connectivity index (χ1n) is 7.43. The van der Waals surface area contributed by atoms with Gasteiger partial charge in [-0.1, -0.05) is 6.07 Å². The molecule has 0 aromatic heterocycles. The number of carboxylic acid groups (broad SMARTS) is 1. The van der Waals surface area contributed by atoms with Crippen LogP contribution in [-0.4, -0.2) is 74.2 Å².